The van der Waals surface area contributed by atoms with Crippen molar-refractivity contribution in [2.75, 3.05) is 33.3 Å². The normalized spacial score (nSPS) is 24.1. The Bertz CT molecular complexity index is 694. The summed E-state index contributed by atoms with van der Waals surface area (Å²) in [7, 11) is 1.99. The van der Waals surface area contributed by atoms with Crippen molar-refractivity contribution in [2.24, 2.45) is 5.41 Å². The second kappa shape index (κ2) is 7.50. The molecule has 1 aromatic rings. The van der Waals surface area contributed by atoms with Gasteiger partial charge < -0.3 is 14.4 Å². The summed E-state index contributed by atoms with van der Waals surface area (Å²) in [6, 6.07) is 7.67. The fourth-order valence-electron chi connectivity index (χ4n) is 4.62. The quantitative estimate of drug-likeness (QED) is 0.743. The lowest BCUT2D eigenvalue weighted by Crippen LogP contribution is -2.50. The minimum Gasteiger partial charge on any atom is -0.486 e. The molecule has 2 amide bonds. The van der Waals surface area contributed by atoms with E-state index in [1.165, 1.54) is 4.90 Å². The average molecular weight is 372 g/mol. The van der Waals surface area contributed by atoms with E-state index in [0.29, 0.717) is 39.1 Å². The van der Waals surface area contributed by atoms with Crippen molar-refractivity contribution in [3.05, 3.63) is 24.3 Å². The third kappa shape index (κ3) is 3.95. The van der Waals surface area contributed by atoms with E-state index >= 15 is 0 Å². The molecule has 1 saturated heterocycles. The molecule has 0 N–H and O–H groups in total. The number of rotatable bonds is 5. The number of fused-ring (bicyclic) bond motifs is 1. The zero-order valence-electron chi connectivity index (χ0n) is 16.0. The van der Waals surface area contributed by atoms with E-state index in [1.807, 2.05) is 31.3 Å². The van der Waals surface area contributed by atoms with E-state index in [9.17, 15) is 9.59 Å². The number of carbonyl (C=O) groups is 2. The van der Waals surface area contributed by atoms with Crippen molar-refractivity contribution in [1.82, 2.24) is 9.80 Å². The Balaban J connectivity index is 1.26. The lowest BCUT2D eigenvalue weighted by Gasteiger charge is -2.38. The van der Waals surface area contributed by atoms with Crippen molar-refractivity contribution in [3.8, 4) is 11.5 Å². The van der Waals surface area contributed by atoms with Crippen LogP contribution in [0.3, 0.4) is 0 Å². The van der Waals surface area contributed by atoms with Crippen molar-refractivity contribution < 1.29 is 19.1 Å². The van der Waals surface area contributed by atoms with Crippen LogP contribution in [-0.4, -0.2) is 61.0 Å². The van der Waals surface area contributed by atoms with Crippen LogP contribution in [0.1, 0.15) is 38.5 Å². The number of likely N-dealkylation sites (N-methyl/N-ethyl adjacent to an activating group) is 1. The molecule has 6 heteroatoms. The largest absolute Gasteiger partial charge is 0.486 e. The second-order valence-electron chi connectivity index (χ2n) is 8.26. The number of nitrogens with zero attached hydrogens (tertiary/aromatic N) is 2. The van der Waals surface area contributed by atoms with E-state index in [4.69, 9.17) is 9.47 Å². The third-order valence-electron chi connectivity index (χ3n) is 6.11. The van der Waals surface area contributed by atoms with E-state index in [1.54, 1.807) is 0 Å². The van der Waals surface area contributed by atoms with Gasteiger partial charge in [-0.2, -0.15) is 0 Å². The molecule has 1 aliphatic carbocycles. The van der Waals surface area contributed by atoms with Gasteiger partial charge in [0.1, 0.15) is 12.7 Å². The molecular weight excluding hydrogens is 344 g/mol. The summed E-state index contributed by atoms with van der Waals surface area (Å²) in [6.07, 6.45) is 5.38. The highest BCUT2D eigenvalue weighted by atomic mass is 16.6. The van der Waals surface area contributed by atoms with E-state index in [2.05, 4.69) is 4.90 Å². The summed E-state index contributed by atoms with van der Waals surface area (Å²) in [6.45, 7) is 2.29. The summed E-state index contributed by atoms with van der Waals surface area (Å²) in [5.74, 6) is 1.56. The predicted molar refractivity (Wildman–Crippen MR) is 101 cm³/mol. The standard InChI is InChI=1S/C21H28N2O4/c1-22(14-16-15-26-17-6-2-3-7-18(17)27-16)10-11-23-19(24)12-21(13-20(23)25)8-4-5-9-21/h2-3,6-7,16H,4-5,8-15H2,1H3. The molecule has 146 valence electrons. The summed E-state index contributed by atoms with van der Waals surface area (Å²) < 4.78 is 11.7. The fraction of sp³-hybridized carbons (Fsp3) is 0.619. The van der Waals surface area contributed by atoms with Crippen LogP contribution >= 0.6 is 0 Å². The molecule has 3 aliphatic rings. The number of amides is 2. The van der Waals surface area contributed by atoms with E-state index in [-0.39, 0.29) is 23.3 Å². The number of carbonyl (C=O) groups excluding carboxylic acids is 2. The van der Waals surface area contributed by atoms with Crippen molar-refractivity contribution >= 4 is 11.8 Å². The van der Waals surface area contributed by atoms with Crippen LogP contribution < -0.4 is 9.47 Å². The number of imide groups is 1. The van der Waals surface area contributed by atoms with Gasteiger partial charge in [0.05, 0.1) is 0 Å². The van der Waals surface area contributed by atoms with Crippen molar-refractivity contribution in [3.63, 3.8) is 0 Å². The molecule has 0 bridgehead atoms. The average Bonchev–Trinajstić information content (AvgIpc) is 3.08. The first-order valence-electron chi connectivity index (χ1n) is 9.95. The Morgan fingerprint density at radius 2 is 1.78 bits per heavy atom. The van der Waals surface area contributed by atoms with Crippen LogP contribution in [0.25, 0.3) is 0 Å². The predicted octanol–water partition coefficient (Wildman–Crippen LogP) is 2.47. The van der Waals surface area contributed by atoms with Gasteiger partial charge in [-0.05, 0) is 37.4 Å². The van der Waals surface area contributed by atoms with Crippen LogP contribution in [0.2, 0.25) is 0 Å². The minimum atomic E-state index is -0.0561. The van der Waals surface area contributed by atoms with Crippen LogP contribution in [0, 0.1) is 5.41 Å². The number of para-hydroxylation sites is 2. The zero-order chi connectivity index (χ0) is 18.9. The van der Waals surface area contributed by atoms with Gasteiger partial charge in [0.2, 0.25) is 11.8 Å². The first kappa shape index (κ1) is 18.3. The Kier molecular flexibility index (Phi) is 5.08. The molecule has 1 spiro atoms. The topological polar surface area (TPSA) is 59.1 Å². The molecule has 2 aliphatic heterocycles. The summed E-state index contributed by atoms with van der Waals surface area (Å²) in [5, 5.41) is 0. The van der Waals surface area contributed by atoms with Crippen molar-refractivity contribution in [2.45, 2.75) is 44.6 Å². The van der Waals surface area contributed by atoms with E-state index < -0.39 is 0 Å². The maximum Gasteiger partial charge on any atom is 0.229 e. The number of hydrogen-bond donors (Lipinski definition) is 0. The fourth-order valence-corrected chi connectivity index (χ4v) is 4.62. The number of likely N-dealkylation sites (tertiary alicyclic amines) is 1. The van der Waals surface area contributed by atoms with Gasteiger partial charge in [-0.25, -0.2) is 0 Å². The maximum absolute atomic E-state index is 12.5. The van der Waals surface area contributed by atoms with Crippen molar-refractivity contribution in [1.29, 1.82) is 0 Å². The summed E-state index contributed by atoms with van der Waals surface area (Å²) >= 11 is 0. The van der Waals surface area contributed by atoms with Gasteiger partial charge in [-0.1, -0.05) is 25.0 Å². The van der Waals surface area contributed by atoms with Crippen LogP contribution in [-0.2, 0) is 9.59 Å². The lowest BCUT2D eigenvalue weighted by molar-refractivity contribution is -0.153. The molecule has 1 atom stereocenters. The Hall–Kier alpha value is -2.08. The van der Waals surface area contributed by atoms with Gasteiger partial charge in [-0.15, -0.1) is 0 Å². The van der Waals surface area contributed by atoms with E-state index in [0.717, 1.165) is 37.2 Å². The molecule has 2 heterocycles. The molecule has 2 fully saturated rings. The highest BCUT2D eigenvalue weighted by Crippen LogP contribution is 2.46. The monoisotopic (exact) mass is 372 g/mol. The Labute approximate surface area is 160 Å². The SMILES string of the molecule is CN(CCN1C(=O)CC2(CCCC2)CC1=O)CC1COc2ccccc2O1. The molecule has 1 unspecified atom stereocenters. The highest BCUT2D eigenvalue weighted by Gasteiger charge is 2.44. The van der Waals surface area contributed by atoms with Gasteiger partial charge in [0.25, 0.3) is 0 Å². The van der Waals surface area contributed by atoms with Crippen LogP contribution in [0.15, 0.2) is 24.3 Å². The van der Waals surface area contributed by atoms with Crippen LogP contribution in [0.5, 0.6) is 11.5 Å². The lowest BCUT2D eigenvalue weighted by atomic mass is 9.76. The minimum absolute atomic E-state index is 0.00715. The Morgan fingerprint density at radius 1 is 1.11 bits per heavy atom. The maximum atomic E-state index is 12.5. The molecule has 4 rings (SSSR count). The molecule has 0 radical (unpaired) electrons. The van der Waals surface area contributed by atoms with Crippen LogP contribution in [0.4, 0.5) is 0 Å². The number of ether oxygens (including phenoxy) is 2. The number of hydrogen-bond acceptors (Lipinski definition) is 5. The molecular formula is C21H28N2O4. The zero-order valence-corrected chi connectivity index (χ0v) is 16.0. The number of benzene rings is 1. The molecule has 6 nitrogen and oxygen atoms in total. The molecule has 27 heavy (non-hydrogen) atoms. The first-order valence-corrected chi connectivity index (χ1v) is 9.95. The highest BCUT2D eigenvalue weighted by molar-refractivity contribution is 5.98. The summed E-state index contributed by atoms with van der Waals surface area (Å²) in [5.41, 5.74) is -0.0305. The first-order chi connectivity index (χ1) is 13.0. The van der Waals surface area contributed by atoms with Gasteiger partial charge >= 0.3 is 0 Å². The molecule has 1 saturated carbocycles. The van der Waals surface area contributed by atoms with Gasteiger partial charge in [0, 0.05) is 32.5 Å². The Morgan fingerprint density at radius 3 is 2.48 bits per heavy atom. The number of piperidine rings is 1. The smallest absolute Gasteiger partial charge is 0.229 e. The molecule has 1 aromatic carbocycles. The summed E-state index contributed by atoms with van der Waals surface area (Å²) in [4.78, 5) is 28.7. The third-order valence-corrected chi connectivity index (χ3v) is 6.11. The van der Waals surface area contributed by atoms with Gasteiger partial charge in [-0.3, -0.25) is 14.5 Å². The van der Waals surface area contributed by atoms with Gasteiger partial charge in [0.15, 0.2) is 11.5 Å². The second-order valence-corrected chi connectivity index (χ2v) is 8.26. The molecule has 0 aromatic heterocycles.